The van der Waals surface area contributed by atoms with Crippen molar-refractivity contribution in [1.82, 2.24) is 13.9 Å². The van der Waals surface area contributed by atoms with Crippen LogP contribution >= 0.6 is 0 Å². The molecule has 1 unspecified atom stereocenters. The van der Waals surface area contributed by atoms with E-state index in [1.165, 1.54) is 17.1 Å². The molecule has 0 amide bonds. The standard InChI is InChI=1S/C14H31N3O2S/c1-4-6-12-16(3)20(18,19)17(11-5-2)13-14-9-7-8-10-15-14/h14-15H,4-13H2,1-3H3. The molecule has 0 radical (unpaired) electrons. The zero-order valence-electron chi connectivity index (χ0n) is 13.3. The summed E-state index contributed by atoms with van der Waals surface area (Å²) >= 11 is 0. The van der Waals surface area contributed by atoms with Crippen molar-refractivity contribution < 1.29 is 8.42 Å². The Labute approximate surface area is 124 Å². The predicted molar refractivity (Wildman–Crippen MR) is 84.0 cm³/mol. The summed E-state index contributed by atoms with van der Waals surface area (Å²) in [5.74, 6) is 0. The minimum Gasteiger partial charge on any atom is -0.313 e. The smallest absolute Gasteiger partial charge is 0.281 e. The first-order valence-corrected chi connectivity index (χ1v) is 9.36. The van der Waals surface area contributed by atoms with E-state index >= 15 is 0 Å². The number of hydrogen-bond donors (Lipinski definition) is 1. The highest BCUT2D eigenvalue weighted by molar-refractivity contribution is 7.86. The molecule has 1 aliphatic heterocycles. The van der Waals surface area contributed by atoms with Crippen LogP contribution in [-0.2, 0) is 10.2 Å². The van der Waals surface area contributed by atoms with Gasteiger partial charge in [0.2, 0.25) is 0 Å². The van der Waals surface area contributed by atoms with Crippen LogP contribution in [-0.4, -0.2) is 56.3 Å². The van der Waals surface area contributed by atoms with E-state index in [2.05, 4.69) is 12.2 Å². The molecule has 1 aliphatic rings. The Morgan fingerprint density at radius 1 is 1.15 bits per heavy atom. The zero-order chi connectivity index (χ0) is 15.0. The molecule has 0 aromatic rings. The van der Waals surface area contributed by atoms with E-state index in [1.807, 2.05) is 6.92 Å². The van der Waals surface area contributed by atoms with Gasteiger partial charge in [-0.25, -0.2) is 0 Å². The summed E-state index contributed by atoms with van der Waals surface area (Å²) in [6, 6.07) is 0.310. The van der Waals surface area contributed by atoms with Gasteiger partial charge in [0, 0.05) is 32.7 Å². The molecule has 0 spiro atoms. The van der Waals surface area contributed by atoms with Gasteiger partial charge < -0.3 is 5.32 Å². The first-order valence-electron chi connectivity index (χ1n) is 7.97. The molecule has 20 heavy (non-hydrogen) atoms. The van der Waals surface area contributed by atoms with Gasteiger partial charge in [0.25, 0.3) is 10.2 Å². The Morgan fingerprint density at radius 2 is 1.90 bits per heavy atom. The summed E-state index contributed by atoms with van der Waals surface area (Å²) in [7, 11) is -1.61. The van der Waals surface area contributed by atoms with Crippen LogP contribution in [0.3, 0.4) is 0 Å². The van der Waals surface area contributed by atoms with Crippen molar-refractivity contribution in [2.75, 3.05) is 33.2 Å². The van der Waals surface area contributed by atoms with Gasteiger partial charge in [-0.15, -0.1) is 0 Å². The van der Waals surface area contributed by atoms with Gasteiger partial charge in [-0.1, -0.05) is 26.7 Å². The van der Waals surface area contributed by atoms with Crippen LogP contribution in [0, 0.1) is 0 Å². The first kappa shape index (κ1) is 17.9. The van der Waals surface area contributed by atoms with Crippen molar-refractivity contribution in [3.63, 3.8) is 0 Å². The second kappa shape index (κ2) is 8.97. The number of unbranched alkanes of at least 4 members (excludes halogenated alkanes) is 1. The Balaban J connectivity index is 2.66. The molecular formula is C14H31N3O2S. The topological polar surface area (TPSA) is 52.7 Å². The van der Waals surface area contributed by atoms with Crippen molar-refractivity contribution in [3.05, 3.63) is 0 Å². The van der Waals surface area contributed by atoms with Crippen LogP contribution in [0.25, 0.3) is 0 Å². The Morgan fingerprint density at radius 3 is 2.45 bits per heavy atom. The van der Waals surface area contributed by atoms with E-state index < -0.39 is 10.2 Å². The van der Waals surface area contributed by atoms with E-state index in [9.17, 15) is 8.42 Å². The molecule has 1 heterocycles. The summed E-state index contributed by atoms with van der Waals surface area (Å²) in [6.07, 6.45) is 6.26. The lowest BCUT2D eigenvalue weighted by Crippen LogP contribution is -2.49. The monoisotopic (exact) mass is 305 g/mol. The molecule has 0 aromatic carbocycles. The summed E-state index contributed by atoms with van der Waals surface area (Å²) < 4.78 is 28.4. The van der Waals surface area contributed by atoms with Crippen molar-refractivity contribution >= 4 is 10.2 Å². The minimum absolute atomic E-state index is 0.310. The molecule has 0 aromatic heterocycles. The lowest BCUT2D eigenvalue weighted by Gasteiger charge is -2.32. The van der Waals surface area contributed by atoms with E-state index in [0.29, 0.717) is 25.7 Å². The van der Waals surface area contributed by atoms with Crippen molar-refractivity contribution in [2.45, 2.75) is 58.4 Å². The van der Waals surface area contributed by atoms with E-state index in [1.54, 1.807) is 11.4 Å². The molecule has 1 N–H and O–H groups in total. The Bertz CT molecular complexity index is 353. The fraction of sp³-hybridized carbons (Fsp3) is 1.00. The molecular weight excluding hydrogens is 274 g/mol. The predicted octanol–water partition coefficient (Wildman–Crippen LogP) is 1.82. The van der Waals surface area contributed by atoms with E-state index in [4.69, 9.17) is 0 Å². The molecule has 120 valence electrons. The third-order valence-corrected chi connectivity index (χ3v) is 5.81. The van der Waals surface area contributed by atoms with E-state index in [0.717, 1.165) is 32.2 Å². The molecule has 0 aliphatic carbocycles. The molecule has 1 rings (SSSR count). The van der Waals surface area contributed by atoms with Crippen molar-refractivity contribution in [3.8, 4) is 0 Å². The van der Waals surface area contributed by atoms with Gasteiger partial charge in [-0.3, -0.25) is 0 Å². The number of rotatable bonds is 9. The van der Waals surface area contributed by atoms with Gasteiger partial charge in [0.15, 0.2) is 0 Å². The maximum absolute atomic E-state index is 12.6. The molecule has 1 saturated heterocycles. The number of nitrogens with zero attached hydrogens (tertiary/aromatic N) is 2. The van der Waals surface area contributed by atoms with Gasteiger partial charge in [-0.05, 0) is 32.2 Å². The summed E-state index contributed by atoms with van der Waals surface area (Å²) in [5, 5.41) is 3.44. The maximum atomic E-state index is 12.6. The SMILES string of the molecule is CCCCN(C)S(=O)(=O)N(CCC)CC1CCCCN1. The van der Waals surface area contributed by atoms with Crippen LogP contribution in [0.5, 0.6) is 0 Å². The number of piperidine rings is 1. The van der Waals surface area contributed by atoms with Crippen LogP contribution < -0.4 is 5.32 Å². The molecule has 0 saturated carbocycles. The molecule has 1 atom stereocenters. The fourth-order valence-corrected chi connectivity index (χ4v) is 4.10. The number of hydrogen-bond acceptors (Lipinski definition) is 3. The fourth-order valence-electron chi connectivity index (χ4n) is 2.57. The molecule has 6 heteroatoms. The quantitative estimate of drug-likeness (QED) is 0.707. The molecule has 0 bridgehead atoms. The summed E-state index contributed by atoms with van der Waals surface area (Å²) in [5.41, 5.74) is 0. The van der Waals surface area contributed by atoms with Crippen LogP contribution in [0.2, 0.25) is 0 Å². The van der Waals surface area contributed by atoms with Crippen LogP contribution in [0.4, 0.5) is 0 Å². The lowest BCUT2D eigenvalue weighted by atomic mass is 10.1. The van der Waals surface area contributed by atoms with Gasteiger partial charge in [-0.2, -0.15) is 17.0 Å². The highest BCUT2D eigenvalue weighted by atomic mass is 32.2. The number of nitrogens with one attached hydrogen (secondary N) is 1. The minimum atomic E-state index is -3.31. The highest BCUT2D eigenvalue weighted by Crippen LogP contribution is 2.14. The third-order valence-electron chi connectivity index (χ3n) is 3.86. The molecule has 5 nitrogen and oxygen atoms in total. The zero-order valence-corrected chi connectivity index (χ0v) is 14.1. The van der Waals surface area contributed by atoms with Crippen LogP contribution in [0.15, 0.2) is 0 Å². The Hall–Kier alpha value is -0.170. The largest absolute Gasteiger partial charge is 0.313 e. The van der Waals surface area contributed by atoms with Crippen molar-refractivity contribution in [2.24, 2.45) is 0 Å². The van der Waals surface area contributed by atoms with Gasteiger partial charge in [0.05, 0.1) is 0 Å². The Kier molecular flexibility index (Phi) is 8.02. The highest BCUT2D eigenvalue weighted by Gasteiger charge is 2.28. The van der Waals surface area contributed by atoms with Crippen LogP contribution in [0.1, 0.15) is 52.4 Å². The molecule has 1 fully saturated rings. The van der Waals surface area contributed by atoms with Crippen molar-refractivity contribution in [1.29, 1.82) is 0 Å². The average molecular weight is 305 g/mol. The van der Waals surface area contributed by atoms with Gasteiger partial charge >= 0.3 is 0 Å². The second-order valence-corrected chi connectivity index (χ2v) is 7.72. The van der Waals surface area contributed by atoms with E-state index in [-0.39, 0.29) is 0 Å². The normalized spacial score (nSPS) is 20.8. The lowest BCUT2D eigenvalue weighted by molar-refractivity contribution is 0.294. The second-order valence-electron chi connectivity index (χ2n) is 5.69. The third kappa shape index (κ3) is 5.31. The first-order chi connectivity index (χ1) is 9.52. The summed E-state index contributed by atoms with van der Waals surface area (Å²) in [6.45, 7) is 6.94. The maximum Gasteiger partial charge on any atom is 0.281 e. The average Bonchev–Trinajstić information content (AvgIpc) is 2.45. The summed E-state index contributed by atoms with van der Waals surface area (Å²) in [4.78, 5) is 0. The van der Waals surface area contributed by atoms with Gasteiger partial charge in [0.1, 0.15) is 0 Å².